The molecule has 0 saturated heterocycles. The first-order chi connectivity index (χ1) is 9.13. The van der Waals surface area contributed by atoms with E-state index in [4.69, 9.17) is 11.5 Å². The largest absolute Gasteiger partial charge is 0.480 e. The molecule has 0 unspecified atom stereocenters. The number of carbonyl (C=O) groups is 2. The third kappa shape index (κ3) is 5.59. The number of urea groups is 1. The Balaban J connectivity index is 2.52. The summed E-state index contributed by atoms with van der Waals surface area (Å²) in [5, 5.41) is 14.0. The van der Waals surface area contributed by atoms with Crippen LogP contribution in [0.25, 0.3) is 0 Å². The molecule has 0 aliphatic carbocycles. The van der Waals surface area contributed by atoms with Crippen LogP contribution in [0.5, 0.6) is 0 Å². The van der Waals surface area contributed by atoms with E-state index < -0.39 is 18.0 Å². The van der Waals surface area contributed by atoms with Gasteiger partial charge in [-0.2, -0.15) is 0 Å². The Morgan fingerprint density at radius 3 is 2.58 bits per heavy atom. The number of carbonyl (C=O) groups excluding carboxylic acids is 1. The average Bonchev–Trinajstić information content (AvgIpc) is 2.39. The van der Waals surface area contributed by atoms with E-state index in [0.29, 0.717) is 13.0 Å². The van der Waals surface area contributed by atoms with Crippen molar-refractivity contribution in [3.05, 3.63) is 35.9 Å². The third-order valence-corrected chi connectivity index (χ3v) is 2.44. The van der Waals surface area contributed by atoms with Gasteiger partial charge >= 0.3 is 12.0 Å². The molecule has 5 heteroatoms. The summed E-state index contributed by atoms with van der Waals surface area (Å²) in [5.41, 5.74) is 0.846. The maximum absolute atomic E-state index is 11.5. The molecule has 5 nitrogen and oxygen atoms in total. The van der Waals surface area contributed by atoms with Crippen LogP contribution in [-0.4, -0.2) is 29.7 Å². The quantitative estimate of drug-likeness (QED) is 0.527. The highest BCUT2D eigenvalue weighted by Gasteiger charge is 2.19. The van der Waals surface area contributed by atoms with Crippen LogP contribution in [0.3, 0.4) is 0 Å². The van der Waals surface area contributed by atoms with Gasteiger partial charge in [-0.05, 0) is 5.56 Å². The van der Waals surface area contributed by atoms with Crippen molar-refractivity contribution < 1.29 is 14.7 Å². The minimum Gasteiger partial charge on any atom is -0.480 e. The summed E-state index contributed by atoms with van der Waals surface area (Å²) in [6.07, 6.45) is 5.69. The van der Waals surface area contributed by atoms with Crippen LogP contribution >= 0.6 is 0 Å². The topological polar surface area (TPSA) is 78.4 Å². The zero-order valence-corrected chi connectivity index (χ0v) is 10.4. The van der Waals surface area contributed by atoms with E-state index >= 15 is 0 Å². The highest BCUT2D eigenvalue weighted by Crippen LogP contribution is 2.03. The summed E-state index contributed by atoms with van der Waals surface area (Å²) in [5.74, 6) is 1.31. The van der Waals surface area contributed by atoms with Crippen LogP contribution in [-0.2, 0) is 11.2 Å². The predicted octanol–water partition coefficient (Wildman–Crippen LogP) is 1.00. The van der Waals surface area contributed by atoms with Gasteiger partial charge in [0, 0.05) is 19.4 Å². The monoisotopic (exact) mass is 260 g/mol. The Morgan fingerprint density at radius 2 is 2.00 bits per heavy atom. The molecule has 0 spiro atoms. The van der Waals surface area contributed by atoms with Gasteiger partial charge in [-0.3, -0.25) is 0 Å². The van der Waals surface area contributed by atoms with Crippen LogP contribution in [0, 0.1) is 12.3 Å². The minimum atomic E-state index is -1.07. The number of hydrogen-bond acceptors (Lipinski definition) is 2. The molecule has 1 rings (SSSR count). The Labute approximate surface area is 112 Å². The number of amides is 2. The van der Waals surface area contributed by atoms with Crippen LogP contribution < -0.4 is 10.6 Å². The first-order valence-corrected chi connectivity index (χ1v) is 5.88. The van der Waals surface area contributed by atoms with Crippen molar-refractivity contribution in [2.24, 2.45) is 0 Å². The summed E-state index contributed by atoms with van der Waals surface area (Å²) in [4.78, 5) is 22.6. The van der Waals surface area contributed by atoms with Crippen LogP contribution in [0.2, 0.25) is 0 Å². The second-order valence-corrected chi connectivity index (χ2v) is 3.93. The Bertz CT molecular complexity index is 465. The fourth-order valence-electron chi connectivity index (χ4n) is 1.51. The first-order valence-electron chi connectivity index (χ1n) is 5.88. The van der Waals surface area contributed by atoms with Gasteiger partial charge in [-0.25, -0.2) is 9.59 Å². The molecule has 19 heavy (non-hydrogen) atoms. The smallest absolute Gasteiger partial charge is 0.326 e. The van der Waals surface area contributed by atoms with E-state index in [1.54, 1.807) is 0 Å². The minimum absolute atomic E-state index is 0.235. The number of terminal acetylenes is 1. The van der Waals surface area contributed by atoms with E-state index in [0.717, 1.165) is 5.56 Å². The molecule has 2 amide bonds. The number of nitrogens with one attached hydrogen (secondary N) is 2. The summed E-state index contributed by atoms with van der Waals surface area (Å²) >= 11 is 0. The number of rotatable bonds is 6. The third-order valence-electron chi connectivity index (χ3n) is 2.44. The summed E-state index contributed by atoms with van der Waals surface area (Å²) in [6, 6.07) is 7.62. The maximum Gasteiger partial charge on any atom is 0.326 e. The number of hydrogen-bond donors (Lipinski definition) is 3. The van der Waals surface area contributed by atoms with Gasteiger partial charge in [0.15, 0.2) is 0 Å². The molecule has 1 aromatic rings. The van der Waals surface area contributed by atoms with Crippen molar-refractivity contribution in [1.29, 1.82) is 0 Å². The lowest BCUT2D eigenvalue weighted by Gasteiger charge is -2.15. The van der Waals surface area contributed by atoms with Crippen LogP contribution in [0.1, 0.15) is 12.0 Å². The number of carboxylic acids is 1. The lowest BCUT2D eigenvalue weighted by molar-refractivity contribution is -0.139. The van der Waals surface area contributed by atoms with Crippen LogP contribution in [0.4, 0.5) is 4.79 Å². The Hall–Kier alpha value is -2.48. The molecule has 0 fully saturated rings. The molecule has 0 radical (unpaired) electrons. The SMILES string of the molecule is C#CCCNC(=O)N[C@H](Cc1ccccc1)C(=O)O. The molecule has 0 aromatic heterocycles. The maximum atomic E-state index is 11.5. The second-order valence-electron chi connectivity index (χ2n) is 3.93. The molecule has 1 atom stereocenters. The number of aliphatic carboxylic acids is 1. The lowest BCUT2D eigenvalue weighted by Crippen LogP contribution is -2.47. The van der Waals surface area contributed by atoms with Crippen molar-refractivity contribution >= 4 is 12.0 Å². The van der Waals surface area contributed by atoms with E-state index in [2.05, 4.69) is 16.6 Å². The van der Waals surface area contributed by atoms with Crippen molar-refractivity contribution in [1.82, 2.24) is 10.6 Å². The zero-order chi connectivity index (χ0) is 14.1. The van der Waals surface area contributed by atoms with Gasteiger partial charge in [0.1, 0.15) is 6.04 Å². The van der Waals surface area contributed by atoms with E-state index in [9.17, 15) is 9.59 Å². The number of benzene rings is 1. The standard InChI is InChI=1S/C14H16N2O3/c1-2-3-9-15-14(19)16-12(13(17)18)10-11-7-5-4-6-8-11/h1,4-8,12H,3,9-10H2,(H,17,18)(H2,15,16,19)/t12-/m1/s1. The van der Waals surface area contributed by atoms with E-state index in [-0.39, 0.29) is 6.42 Å². The molecule has 3 N–H and O–H groups in total. The summed E-state index contributed by atoms with van der Waals surface area (Å²) in [7, 11) is 0. The van der Waals surface area contributed by atoms with Gasteiger partial charge in [-0.1, -0.05) is 30.3 Å². The van der Waals surface area contributed by atoms with Gasteiger partial charge < -0.3 is 15.7 Å². The molecule has 0 heterocycles. The average molecular weight is 260 g/mol. The highest BCUT2D eigenvalue weighted by molar-refractivity contribution is 5.82. The molecule has 0 saturated carbocycles. The molecule has 0 aliphatic heterocycles. The first kappa shape index (κ1) is 14.6. The molecular weight excluding hydrogens is 244 g/mol. The Kier molecular flexibility index (Phi) is 5.96. The fraction of sp³-hybridized carbons (Fsp3) is 0.286. The number of carboxylic acid groups (broad SMARTS) is 1. The molecule has 1 aromatic carbocycles. The normalized spacial score (nSPS) is 11.1. The van der Waals surface area contributed by atoms with Crippen molar-refractivity contribution in [3.8, 4) is 12.3 Å². The van der Waals surface area contributed by atoms with Crippen LogP contribution in [0.15, 0.2) is 30.3 Å². The van der Waals surface area contributed by atoms with Crippen molar-refractivity contribution in [2.75, 3.05) is 6.54 Å². The van der Waals surface area contributed by atoms with Crippen molar-refractivity contribution in [3.63, 3.8) is 0 Å². The second kappa shape index (κ2) is 7.77. The van der Waals surface area contributed by atoms with Crippen molar-refractivity contribution in [2.45, 2.75) is 18.9 Å². The zero-order valence-electron chi connectivity index (χ0n) is 10.4. The fourth-order valence-corrected chi connectivity index (χ4v) is 1.51. The molecule has 0 bridgehead atoms. The van der Waals surface area contributed by atoms with E-state index in [1.807, 2.05) is 30.3 Å². The highest BCUT2D eigenvalue weighted by atomic mass is 16.4. The van der Waals surface area contributed by atoms with Gasteiger partial charge in [0.2, 0.25) is 0 Å². The summed E-state index contributed by atoms with van der Waals surface area (Å²) in [6.45, 7) is 0.319. The van der Waals surface area contributed by atoms with Gasteiger partial charge in [0.25, 0.3) is 0 Å². The summed E-state index contributed by atoms with van der Waals surface area (Å²) < 4.78 is 0. The molecule has 100 valence electrons. The Morgan fingerprint density at radius 1 is 1.32 bits per heavy atom. The molecule has 0 aliphatic rings. The van der Waals surface area contributed by atoms with Gasteiger partial charge in [0.05, 0.1) is 0 Å². The molecular formula is C14H16N2O3. The van der Waals surface area contributed by atoms with Gasteiger partial charge in [-0.15, -0.1) is 12.3 Å². The van der Waals surface area contributed by atoms with E-state index in [1.165, 1.54) is 0 Å². The lowest BCUT2D eigenvalue weighted by atomic mass is 10.1. The predicted molar refractivity (Wildman–Crippen MR) is 71.6 cm³/mol.